The Hall–Kier alpha value is -0.790. The summed E-state index contributed by atoms with van der Waals surface area (Å²) in [6, 6.07) is 0.263. The summed E-state index contributed by atoms with van der Waals surface area (Å²) in [5.74, 6) is 0.0795. The third-order valence-corrected chi connectivity index (χ3v) is 8.67. The van der Waals surface area contributed by atoms with Gasteiger partial charge in [0, 0.05) is 38.4 Å². The topological polar surface area (TPSA) is 59.1 Å². The minimum atomic E-state index is -0.658. The van der Waals surface area contributed by atoms with Crippen LogP contribution >= 0.6 is 11.8 Å². The number of carbonyl (C=O) groups excluding carboxylic acids is 2. The quantitative estimate of drug-likeness (QED) is 0.609. The molecule has 4 unspecified atom stereocenters. The zero-order valence-electron chi connectivity index (χ0n) is 18.5. The molecule has 1 aliphatic heterocycles. The van der Waals surface area contributed by atoms with E-state index in [0.717, 1.165) is 45.1 Å². The van der Waals surface area contributed by atoms with Gasteiger partial charge in [0.1, 0.15) is 0 Å². The fraction of sp³-hybridized carbons (Fsp3) is 0.909. The molecule has 1 heterocycles. The minimum Gasteiger partial charge on any atom is -0.451 e. The van der Waals surface area contributed by atoms with Crippen molar-refractivity contribution >= 4 is 23.6 Å². The lowest BCUT2D eigenvalue weighted by Crippen LogP contribution is -2.52. The Balaban J connectivity index is 1.86. The molecule has 2 saturated carbocycles. The second kappa shape index (κ2) is 10.5. The average molecular weight is 427 g/mol. The lowest BCUT2D eigenvalue weighted by molar-refractivity contribution is -0.160. The largest absolute Gasteiger partial charge is 0.451 e. The first-order valence-electron chi connectivity index (χ1n) is 11.2. The fourth-order valence-electron chi connectivity index (χ4n) is 5.22. The van der Waals surface area contributed by atoms with Gasteiger partial charge in [0.05, 0.1) is 11.4 Å². The van der Waals surface area contributed by atoms with Gasteiger partial charge in [0.2, 0.25) is 0 Å². The van der Waals surface area contributed by atoms with Crippen LogP contribution in [0.15, 0.2) is 0 Å². The molecule has 3 fully saturated rings. The monoisotopic (exact) mass is 426 g/mol. The van der Waals surface area contributed by atoms with Crippen molar-refractivity contribution in [2.75, 3.05) is 34.3 Å². The maximum Gasteiger partial charge on any atom is 0.303 e. The van der Waals surface area contributed by atoms with E-state index in [1.165, 1.54) is 19.8 Å². The summed E-state index contributed by atoms with van der Waals surface area (Å²) >= 11 is 1.95. The number of esters is 1. The van der Waals surface area contributed by atoms with Crippen LogP contribution in [0.2, 0.25) is 0 Å². The normalized spacial score (nSPS) is 35.9. The number of carbonyl (C=O) groups is 2. The second-order valence-electron chi connectivity index (χ2n) is 9.13. The zero-order valence-corrected chi connectivity index (χ0v) is 19.3. The van der Waals surface area contributed by atoms with Crippen molar-refractivity contribution in [3.05, 3.63) is 0 Å². The molecule has 0 spiro atoms. The predicted octanol–water partition coefficient (Wildman–Crippen LogP) is 2.94. The third-order valence-electron chi connectivity index (χ3n) is 6.82. The molecule has 0 aromatic carbocycles. The van der Waals surface area contributed by atoms with Gasteiger partial charge in [0.25, 0.3) is 5.91 Å². The lowest BCUT2D eigenvalue weighted by Gasteiger charge is -2.38. The summed E-state index contributed by atoms with van der Waals surface area (Å²) < 4.78 is 11.3. The molecule has 6 nitrogen and oxygen atoms in total. The van der Waals surface area contributed by atoms with Crippen LogP contribution in [0, 0.1) is 5.92 Å². The van der Waals surface area contributed by atoms with Crippen LogP contribution in [0.3, 0.4) is 0 Å². The van der Waals surface area contributed by atoms with Gasteiger partial charge in [0.15, 0.2) is 6.10 Å². The van der Waals surface area contributed by atoms with E-state index in [9.17, 15) is 9.59 Å². The average Bonchev–Trinajstić information content (AvgIpc) is 2.81. The molecule has 7 heteroatoms. The van der Waals surface area contributed by atoms with Crippen molar-refractivity contribution in [1.29, 1.82) is 0 Å². The number of thioether (sulfide) groups is 1. The van der Waals surface area contributed by atoms with Crippen molar-refractivity contribution in [3.63, 3.8) is 0 Å². The Bertz CT molecular complexity index is 565. The maximum absolute atomic E-state index is 13.7. The number of hydrogen-bond donors (Lipinski definition) is 0. The van der Waals surface area contributed by atoms with E-state index in [1.807, 2.05) is 25.9 Å². The highest BCUT2D eigenvalue weighted by molar-refractivity contribution is 8.00. The number of nitrogens with zero attached hydrogens (tertiary/aromatic N) is 2. The molecule has 29 heavy (non-hydrogen) atoms. The molecule has 0 N–H and O–H groups in total. The van der Waals surface area contributed by atoms with Crippen molar-refractivity contribution in [3.8, 4) is 0 Å². The van der Waals surface area contributed by atoms with E-state index < -0.39 is 6.10 Å². The number of hydrogen-bond acceptors (Lipinski definition) is 6. The summed E-state index contributed by atoms with van der Waals surface area (Å²) in [6.07, 6.45) is 8.41. The van der Waals surface area contributed by atoms with Gasteiger partial charge in [-0.15, -0.1) is 11.8 Å². The Morgan fingerprint density at radius 2 is 1.83 bits per heavy atom. The number of amides is 1. The number of fused-ring (bicyclic) bond motifs is 1. The number of methoxy groups -OCH3 is 1. The molecule has 3 aliphatic rings. The fourth-order valence-corrected chi connectivity index (χ4v) is 7.20. The van der Waals surface area contributed by atoms with E-state index in [-0.39, 0.29) is 23.2 Å². The van der Waals surface area contributed by atoms with Crippen molar-refractivity contribution in [2.45, 2.75) is 87.0 Å². The maximum atomic E-state index is 13.7. The van der Waals surface area contributed by atoms with Gasteiger partial charge in [-0.2, -0.15) is 0 Å². The number of ether oxygens (including phenoxy) is 2. The standard InChI is InChI=1S/C22H38N2O4S/c1-15(25)28-20-21(16-9-11-17(27-4)12-10-16)29-19-8-6-5-7-18(19)24(22(20)26)14-13-23(2)3/h16-21H,5-14H2,1-4H3. The Labute approximate surface area is 180 Å². The van der Waals surface area contributed by atoms with Gasteiger partial charge in [-0.05, 0) is 58.5 Å². The highest BCUT2D eigenvalue weighted by Gasteiger charge is 2.48. The first-order valence-corrected chi connectivity index (χ1v) is 12.2. The van der Waals surface area contributed by atoms with Gasteiger partial charge in [-0.25, -0.2) is 0 Å². The van der Waals surface area contributed by atoms with E-state index in [1.54, 1.807) is 7.11 Å². The van der Waals surface area contributed by atoms with Crippen LogP contribution in [-0.4, -0.2) is 84.7 Å². The lowest BCUT2D eigenvalue weighted by atomic mass is 9.83. The van der Waals surface area contributed by atoms with Crippen LogP contribution in [0.25, 0.3) is 0 Å². The Morgan fingerprint density at radius 1 is 1.14 bits per heavy atom. The summed E-state index contributed by atoms with van der Waals surface area (Å²) in [5.41, 5.74) is 0. The van der Waals surface area contributed by atoms with Crippen molar-refractivity contribution in [2.24, 2.45) is 5.92 Å². The summed E-state index contributed by atoms with van der Waals surface area (Å²) in [4.78, 5) is 29.8. The SMILES string of the molecule is COC1CCC(C2SC3CCCCC3N(CCN(C)C)C(=O)C2OC(C)=O)CC1. The molecule has 0 radical (unpaired) electrons. The Kier molecular flexibility index (Phi) is 8.28. The van der Waals surface area contributed by atoms with Crippen LogP contribution in [-0.2, 0) is 19.1 Å². The summed E-state index contributed by atoms with van der Waals surface area (Å²) in [5, 5.41) is 0.500. The van der Waals surface area contributed by atoms with E-state index >= 15 is 0 Å². The smallest absolute Gasteiger partial charge is 0.303 e. The van der Waals surface area contributed by atoms with E-state index in [0.29, 0.717) is 23.8 Å². The van der Waals surface area contributed by atoms with Crippen molar-refractivity contribution < 1.29 is 19.1 Å². The van der Waals surface area contributed by atoms with Gasteiger partial charge in [-0.1, -0.05) is 12.8 Å². The van der Waals surface area contributed by atoms with Gasteiger partial charge in [-0.3, -0.25) is 9.59 Å². The Morgan fingerprint density at radius 3 is 2.45 bits per heavy atom. The molecule has 2 aliphatic carbocycles. The van der Waals surface area contributed by atoms with Crippen LogP contribution in [0.4, 0.5) is 0 Å². The highest BCUT2D eigenvalue weighted by atomic mass is 32.2. The van der Waals surface area contributed by atoms with Crippen LogP contribution in [0.1, 0.15) is 58.3 Å². The van der Waals surface area contributed by atoms with Gasteiger partial charge < -0.3 is 19.3 Å². The first kappa shape index (κ1) is 22.9. The molecule has 0 aromatic rings. The minimum absolute atomic E-state index is 0.0304. The highest BCUT2D eigenvalue weighted by Crippen LogP contribution is 2.45. The molecule has 3 rings (SSSR count). The number of rotatable bonds is 6. The first-order chi connectivity index (χ1) is 13.9. The van der Waals surface area contributed by atoms with E-state index in [2.05, 4.69) is 9.80 Å². The third kappa shape index (κ3) is 5.67. The molecule has 1 amide bonds. The molecule has 0 aromatic heterocycles. The van der Waals surface area contributed by atoms with E-state index in [4.69, 9.17) is 9.47 Å². The molecule has 0 bridgehead atoms. The van der Waals surface area contributed by atoms with Crippen molar-refractivity contribution in [1.82, 2.24) is 9.80 Å². The zero-order chi connectivity index (χ0) is 21.0. The summed E-state index contributed by atoms with van der Waals surface area (Å²) in [6.45, 7) is 2.96. The molecular weight excluding hydrogens is 388 g/mol. The molecular formula is C22H38N2O4S. The predicted molar refractivity (Wildman–Crippen MR) is 116 cm³/mol. The molecule has 1 saturated heterocycles. The molecule has 166 valence electrons. The molecule has 4 atom stereocenters. The second-order valence-corrected chi connectivity index (χ2v) is 10.6. The summed E-state index contributed by atoms with van der Waals surface area (Å²) in [7, 11) is 5.86. The van der Waals surface area contributed by atoms with Crippen LogP contribution in [0.5, 0.6) is 0 Å². The van der Waals surface area contributed by atoms with Gasteiger partial charge >= 0.3 is 5.97 Å². The van der Waals surface area contributed by atoms with Crippen LogP contribution < -0.4 is 0 Å². The number of likely N-dealkylation sites (N-methyl/N-ethyl adjacent to an activating group) is 1.